The van der Waals surface area contributed by atoms with E-state index in [-0.39, 0.29) is 10.8 Å². The van der Waals surface area contributed by atoms with Gasteiger partial charge in [0.1, 0.15) is 16.8 Å². The highest BCUT2D eigenvalue weighted by atomic mass is 32.2. The number of aromatic nitrogens is 1. The van der Waals surface area contributed by atoms with Crippen LogP contribution in [0.1, 0.15) is 12.8 Å². The number of rotatable bonds is 6. The van der Waals surface area contributed by atoms with Crippen LogP contribution in [-0.2, 0) is 14.8 Å². The SMILES string of the molecule is COc1ccc(S(=O)(=O)N2CCC[C@@H]2C(=O)Nc2ccccc2-c2nc3ccccc3s2)cc1. The third-order valence-electron chi connectivity index (χ3n) is 5.88. The minimum Gasteiger partial charge on any atom is -0.497 e. The Bertz CT molecular complexity index is 1420. The first-order valence-corrected chi connectivity index (χ1v) is 13.1. The predicted octanol–water partition coefficient (Wildman–Crippen LogP) is 4.76. The number of amides is 1. The zero-order valence-electron chi connectivity index (χ0n) is 18.5. The zero-order chi connectivity index (χ0) is 23.7. The van der Waals surface area contributed by atoms with Crippen LogP contribution >= 0.6 is 11.3 Å². The van der Waals surface area contributed by atoms with E-state index in [0.717, 1.165) is 20.8 Å². The van der Waals surface area contributed by atoms with Gasteiger partial charge in [-0.15, -0.1) is 11.3 Å². The van der Waals surface area contributed by atoms with Gasteiger partial charge < -0.3 is 10.1 Å². The van der Waals surface area contributed by atoms with Crippen LogP contribution in [0.15, 0.2) is 77.7 Å². The second-order valence-corrected chi connectivity index (χ2v) is 10.9. The number of anilines is 1. The van der Waals surface area contributed by atoms with Gasteiger partial charge >= 0.3 is 0 Å². The van der Waals surface area contributed by atoms with E-state index in [0.29, 0.717) is 30.8 Å². The summed E-state index contributed by atoms with van der Waals surface area (Å²) in [5.74, 6) is 0.226. The monoisotopic (exact) mass is 493 g/mol. The van der Waals surface area contributed by atoms with Crippen LogP contribution in [0.3, 0.4) is 0 Å². The van der Waals surface area contributed by atoms with E-state index < -0.39 is 16.1 Å². The highest BCUT2D eigenvalue weighted by Crippen LogP contribution is 2.35. The van der Waals surface area contributed by atoms with Crippen LogP contribution in [0.2, 0.25) is 0 Å². The highest BCUT2D eigenvalue weighted by molar-refractivity contribution is 7.89. The Morgan fingerprint density at radius 3 is 2.56 bits per heavy atom. The zero-order valence-corrected chi connectivity index (χ0v) is 20.1. The largest absolute Gasteiger partial charge is 0.497 e. The van der Waals surface area contributed by atoms with E-state index in [1.165, 1.54) is 23.5 Å². The van der Waals surface area contributed by atoms with Crippen LogP contribution in [0.5, 0.6) is 5.75 Å². The molecule has 0 unspecified atom stereocenters. The smallest absolute Gasteiger partial charge is 0.243 e. The molecule has 3 aromatic carbocycles. The molecule has 1 N–H and O–H groups in total. The first-order chi connectivity index (χ1) is 16.5. The van der Waals surface area contributed by atoms with E-state index >= 15 is 0 Å². The second-order valence-electron chi connectivity index (χ2n) is 7.97. The molecule has 174 valence electrons. The minimum absolute atomic E-state index is 0.142. The molecule has 2 heterocycles. The third-order valence-corrected chi connectivity index (χ3v) is 8.87. The van der Waals surface area contributed by atoms with Gasteiger partial charge in [0, 0.05) is 12.1 Å². The lowest BCUT2D eigenvalue weighted by Gasteiger charge is -2.24. The summed E-state index contributed by atoms with van der Waals surface area (Å²) in [6.07, 6.45) is 1.08. The first-order valence-electron chi connectivity index (χ1n) is 10.9. The number of sulfonamides is 1. The van der Waals surface area contributed by atoms with Crippen molar-refractivity contribution < 1.29 is 17.9 Å². The van der Waals surface area contributed by atoms with E-state index in [1.54, 1.807) is 23.5 Å². The van der Waals surface area contributed by atoms with Gasteiger partial charge in [-0.05, 0) is 61.4 Å². The molecule has 0 spiro atoms. The van der Waals surface area contributed by atoms with Crippen LogP contribution in [0.4, 0.5) is 5.69 Å². The number of fused-ring (bicyclic) bond motifs is 1. The van der Waals surface area contributed by atoms with Crippen LogP contribution in [-0.4, -0.2) is 43.3 Å². The average Bonchev–Trinajstić information content (AvgIpc) is 3.52. The lowest BCUT2D eigenvalue weighted by molar-refractivity contribution is -0.119. The summed E-state index contributed by atoms with van der Waals surface area (Å²) < 4.78 is 34.1. The van der Waals surface area contributed by atoms with Crippen LogP contribution < -0.4 is 10.1 Å². The lowest BCUT2D eigenvalue weighted by atomic mass is 10.1. The number of nitrogens with one attached hydrogen (secondary N) is 1. The molecule has 1 aliphatic heterocycles. The van der Waals surface area contributed by atoms with Crippen LogP contribution in [0, 0.1) is 0 Å². The quantitative estimate of drug-likeness (QED) is 0.418. The van der Waals surface area contributed by atoms with E-state index in [2.05, 4.69) is 5.32 Å². The Kier molecular flexibility index (Phi) is 6.07. The Balaban J connectivity index is 1.41. The number of thiazole rings is 1. The summed E-state index contributed by atoms with van der Waals surface area (Å²) in [5.41, 5.74) is 2.32. The molecule has 1 atom stereocenters. The fraction of sp³-hybridized carbons (Fsp3) is 0.200. The minimum atomic E-state index is -3.82. The number of methoxy groups -OCH3 is 1. The number of benzene rings is 3. The van der Waals surface area contributed by atoms with Crippen molar-refractivity contribution in [1.82, 2.24) is 9.29 Å². The molecule has 0 aliphatic carbocycles. The Morgan fingerprint density at radius 1 is 1.06 bits per heavy atom. The normalized spacial score (nSPS) is 16.6. The van der Waals surface area contributed by atoms with Crippen molar-refractivity contribution in [3.63, 3.8) is 0 Å². The first kappa shape index (κ1) is 22.5. The van der Waals surface area contributed by atoms with Crippen molar-refractivity contribution >= 4 is 43.2 Å². The summed E-state index contributed by atoms with van der Waals surface area (Å²) >= 11 is 1.55. The molecule has 1 fully saturated rings. The summed E-state index contributed by atoms with van der Waals surface area (Å²) in [6, 6.07) is 20.8. The molecule has 1 amide bonds. The molecule has 7 nitrogen and oxygen atoms in total. The molecule has 0 radical (unpaired) electrons. The molecule has 1 saturated heterocycles. The fourth-order valence-electron chi connectivity index (χ4n) is 4.16. The molecule has 1 aliphatic rings. The van der Waals surface area contributed by atoms with Gasteiger partial charge in [-0.1, -0.05) is 24.3 Å². The van der Waals surface area contributed by atoms with Gasteiger partial charge in [-0.2, -0.15) is 4.31 Å². The van der Waals surface area contributed by atoms with E-state index in [4.69, 9.17) is 9.72 Å². The number of hydrogen-bond acceptors (Lipinski definition) is 6. The standard InChI is InChI=1S/C25H23N3O4S2/c1-32-17-12-14-18(15-13-17)34(30,31)28-16-6-10-22(28)24(29)26-20-8-3-2-7-19(20)25-27-21-9-4-5-11-23(21)33-25/h2-5,7-9,11-15,22H,6,10,16H2,1H3,(H,26,29)/t22-/m1/s1. The third kappa shape index (κ3) is 4.18. The second kappa shape index (κ2) is 9.17. The van der Waals surface area contributed by atoms with Crippen molar-refractivity contribution in [2.24, 2.45) is 0 Å². The van der Waals surface area contributed by atoms with Crippen molar-refractivity contribution in [1.29, 1.82) is 0 Å². The Labute approximate surface area is 202 Å². The lowest BCUT2D eigenvalue weighted by Crippen LogP contribution is -2.43. The molecule has 0 saturated carbocycles. The summed E-state index contributed by atoms with van der Waals surface area (Å²) in [7, 11) is -2.30. The average molecular weight is 494 g/mol. The number of carbonyl (C=O) groups excluding carboxylic acids is 1. The number of nitrogens with zero attached hydrogens (tertiary/aromatic N) is 2. The fourth-order valence-corrected chi connectivity index (χ4v) is 6.82. The van der Waals surface area contributed by atoms with Gasteiger partial charge in [0.25, 0.3) is 0 Å². The van der Waals surface area contributed by atoms with E-state index in [9.17, 15) is 13.2 Å². The predicted molar refractivity (Wildman–Crippen MR) is 134 cm³/mol. The van der Waals surface area contributed by atoms with Gasteiger partial charge in [-0.3, -0.25) is 4.79 Å². The molecule has 0 bridgehead atoms. The number of para-hydroxylation sites is 2. The Morgan fingerprint density at radius 2 is 1.79 bits per heavy atom. The van der Waals surface area contributed by atoms with Crippen molar-refractivity contribution in [3.8, 4) is 16.3 Å². The number of ether oxygens (including phenoxy) is 1. The molecule has 34 heavy (non-hydrogen) atoms. The number of hydrogen-bond donors (Lipinski definition) is 1. The summed E-state index contributed by atoms with van der Waals surface area (Å²) in [4.78, 5) is 18.2. The van der Waals surface area contributed by atoms with Gasteiger partial charge in [-0.25, -0.2) is 13.4 Å². The van der Waals surface area contributed by atoms with Crippen molar-refractivity contribution in [2.45, 2.75) is 23.8 Å². The van der Waals surface area contributed by atoms with Gasteiger partial charge in [0.05, 0.1) is 27.9 Å². The maximum Gasteiger partial charge on any atom is 0.243 e. The van der Waals surface area contributed by atoms with Gasteiger partial charge in [0.15, 0.2) is 0 Å². The maximum atomic E-state index is 13.3. The molecule has 5 rings (SSSR count). The maximum absolute atomic E-state index is 13.3. The Hall–Kier alpha value is -3.27. The molecular formula is C25H23N3O4S2. The van der Waals surface area contributed by atoms with E-state index in [1.807, 2.05) is 48.5 Å². The highest BCUT2D eigenvalue weighted by Gasteiger charge is 2.39. The van der Waals surface area contributed by atoms with Crippen molar-refractivity contribution in [3.05, 3.63) is 72.8 Å². The van der Waals surface area contributed by atoms with Gasteiger partial charge in [0.2, 0.25) is 15.9 Å². The topological polar surface area (TPSA) is 88.6 Å². The van der Waals surface area contributed by atoms with Crippen LogP contribution in [0.25, 0.3) is 20.8 Å². The molecule has 4 aromatic rings. The molecule has 9 heteroatoms. The number of carbonyl (C=O) groups is 1. The molecule has 1 aromatic heterocycles. The summed E-state index contributed by atoms with van der Waals surface area (Å²) in [6.45, 7) is 0.298. The summed E-state index contributed by atoms with van der Waals surface area (Å²) in [5, 5.41) is 3.77. The van der Waals surface area contributed by atoms with Crippen molar-refractivity contribution in [2.75, 3.05) is 19.0 Å². The molecular weight excluding hydrogens is 470 g/mol.